The largest absolute Gasteiger partial charge is 0.455 e. The van der Waals surface area contributed by atoms with Gasteiger partial charge < -0.3 is 14.8 Å². The van der Waals surface area contributed by atoms with Crippen LogP contribution >= 0.6 is 0 Å². The van der Waals surface area contributed by atoms with Crippen LogP contribution in [-0.2, 0) is 9.53 Å². The molecular formula is C21H24N2O4. The van der Waals surface area contributed by atoms with E-state index in [-0.39, 0.29) is 18.1 Å². The Morgan fingerprint density at radius 2 is 1.89 bits per heavy atom. The summed E-state index contributed by atoms with van der Waals surface area (Å²) in [5.74, 6) is 0.537. The lowest BCUT2D eigenvalue weighted by Crippen LogP contribution is -2.33. The Morgan fingerprint density at radius 3 is 2.67 bits per heavy atom. The van der Waals surface area contributed by atoms with Gasteiger partial charge in [0.2, 0.25) is 0 Å². The Labute approximate surface area is 158 Å². The van der Waals surface area contributed by atoms with Gasteiger partial charge in [-0.15, -0.1) is 0 Å². The molecule has 0 atom stereocenters. The summed E-state index contributed by atoms with van der Waals surface area (Å²) in [5, 5.41) is 2.86. The smallest absolute Gasteiger partial charge is 0.342 e. The minimum atomic E-state index is -0.595. The molecule has 1 aliphatic carbocycles. The van der Waals surface area contributed by atoms with Crippen LogP contribution in [0.3, 0.4) is 0 Å². The van der Waals surface area contributed by atoms with Gasteiger partial charge in [0.05, 0.1) is 6.20 Å². The average molecular weight is 368 g/mol. The monoisotopic (exact) mass is 368 g/mol. The molecule has 0 radical (unpaired) electrons. The topological polar surface area (TPSA) is 77.5 Å². The van der Waals surface area contributed by atoms with Crippen LogP contribution in [0.5, 0.6) is 11.5 Å². The second-order valence-electron chi connectivity index (χ2n) is 6.67. The molecule has 1 aromatic heterocycles. The molecule has 1 aliphatic rings. The van der Waals surface area contributed by atoms with Gasteiger partial charge in [-0.05, 0) is 43.0 Å². The first-order valence-corrected chi connectivity index (χ1v) is 9.33. The predicted octanol–water partition coefficient (Wildman–Crippen LogP) is 3.73. The summed E-state index contributed by atoms with van der Waals surface area (Å²) in [6.45, 7) is 0.351. The van der Waals surface area contributed by atoms with E-state index >= 15 is 0 Å². The highest BCUT2D eigenvalue weighted by atomic mass is 16.5. The molecule has 1 saturated carbocycles. The number of pyridine rings is 1. The third-order valence-electron chi connectivity index (χ3n) is 4.62. The van der Waals surface area contributed by atoms with Crippen molar-refractivity contribution in [3.8, 4) is 11.5 Å². The molecule has 27 heavy (non-hydrogen) atoms. The first-order valence-electron chi connectivity index (χ1n) is 9.33. The second kappa shape index (κ2) is 9.71. The van der Waals surface area contributed by atoms with E-state index in [1.807, 2.05) is 0 Å². The summed E-state index contributed by atoms with van der Waals surface area (Å²) < 4.78 is 10.9. The molecule has 1 amide bonds. The summed E-state index contributed by atoms with van der Waals surface area (Å²) in [5.41, 5.74) is 0.265. The molecule has 2 aromatic rings. The van der Waals surface area contributed by atoms with Gasteiger partial charge >= 0.3 is 5.97 Å². The number of benzene rings is 1. The summed E-state index contributed by atoms with van der Waals surface area (Å²) in [4.78, 5) is 28.3. The highest BCUT2D eigenvalue weighted by Gasteiger charge is 2.17. The number of hydrogen-bond donors (Lipinski definition) is 1. The second-order valence-corrected chi connectivity index (χ2v) is 6.67. The van der Waals surface area contributed by atoms with Gasteiger partial charge in [-0.3, -0.25) is 9.78 Å². The number of para-hydroxylation sites is 1. The maximum Gasteiger partial charge on any atom is 0.342 e. The number of amides is 1. The van der Waals surface area contributed by atoms with E-state index in [1.165, 1.54) is 19.3 Å². The van der Waals surface area contributed by atoms with Crippen molar-refractivity contribution < 1.29 is 19.1 Å². The zero-order chi connectivity index (χ0) is 18.9. The van der Waals surface area contributed by atoms with Crippen LogP contribution in [0.2, 0.25) is 0 Å². The molecular weight excluding hydrogens is 344 g/mol. The number of carbonyl (C=O) groups is 2. The van der Waals surface area contributed by atoms with E-state index in [9.17, 15) is 9.59 Å². The molecule has 1 N–H and O–H groups in total. The van der Waals surface area contributed by atoms with E-state index in [0.717, 1.165) is 12.8 Å². The third kappa shape index (κ3) is 5.81. The quantitative estimate of drug-likeness (QED) is 0.754. The lowest BCUT2D eigenvalue weighted by Gasteiger charge is -2.21. The summed E-state index contributed by atoms with van der Waals surface area (Å²) >= 11 is 0. The van der Waals surface area contributed by atoms with E-state index in [1.54, 1.807) is 48.8 Å². The molecule has 0 unspecified atom stereocenters. The number of nitrogens with one attached hydrogen (secondary N) is 1. The van der Waals surface area contributed by atoms with Crippen molar-refractivity contribution in [3.05, 3.63) is 54.4 Å². The normalized spacial score (nSPS) is 14.4. The van der Waals surface area contributed by atoms with E-state index in [4.69, 9.17) is 9.47 Å². The minimum absolute atomic E-state index is 0.265. The fourth-order valence-corrected chi connectivity index (χ4v) is 3.17. The molecule has 0 bridgehead atoms. The molecule has 142 valence electrons. The zero-order valence-electron chi connectivity index (χ0n) is 15.2. The van der Waals surface area contributed by atoms with Crippen molar-refractivity contribution in [2.24, 2.45) is 5.92 Å². The van der Waals surface area contributed by atoms with Crippen molar-refractivity contribution in [2.75, 3.05) is 13.2 Å². The van der Waals surface area contributed by atoms with Crippen LogP contribution in [-0.4, -0.2) is 30.0 Å². The van der Waals surface area contributed by atoms with Crippen LogP contribution in [0.15, 0.2) is 48.8 Å². The van der Waals surface area contributed by atoms with Crippen molar-refractivity contribution in [2.45, 2.75) is 32.1 Å². The molecule has 6 nitrogen and oxygen atoms in total. The standard InChI is InChI=1S/C21H24N2O4/c24-20(23-13-16-7-2-1-3-8-16)15-26-21(25)18-10-4-5-11-19(18)27-17-9-6-12-22-14-17/h4-6,9-12,14,16H,1-3,7-8,13,15H2,(H,23,24). The number of nitrogens with zero attached hydrogens (tertiary/aromatic N) is 1. The van der Waals surface area contributed by atoms with Crippen molar-refractivity contribution in [3.63, 3.8) is 0 Å². The summed E-state index contributed by atoms with van der Waals surface area (Å²) in [6, 6.07) is 10.2. The van der Waals surface area contributed by atoms with Gasteiger partial charge in [-0.2, -0.15) is 0 Å². The van der Waals surface area contributed by atoms with Gasteiger partial charge in [0.1, 0.15) is 17.1 Å². The Morgan fingerprint density at radius 1 is 1.07 bits per heavy atom. The van der Waals surface area contributed by atoms with Crippen molar-refractivity contribution in [1.82, 2.24) is 10.3 Å². The summed E-state index contributed by atoms with van der Waals surface area (Å²) in [7, 11) is 0. The maximum atomic E-state index is 12.4. The SMILES string of the molecule is O=C(COC(=O)c1ccccc1Oc1cccnc1)NCC1CCCCC1. The minimum Gasteiger partial charge on any atom is -0.455 e. The number of ether oxygens (including phenoxy) is 2. The molecule has 1 fully saturated rings. The van der Waals surface area contributed by atoms with Gasteiger partial charge in [-0.1, -0.05) is 31.4 Å². The molecule has 3 rings (SSSR count). The van der Waals surface area contributed by atoms with Crippen LogP contribution in [0, 0.1) is 5.92 Å². The van der Waals surface area contributed by atoms with Crippen LogP contribution < -0.4 is 10.1 Å². The lowest BCUT2D eigenvalue weighted by atomic mass is 9.89. The van der Waals surface area contributed by atoms with Crippen LogP contribution in [0.25, 0.3) is 0 Å². The Balaban J connectivity index is 1.51. The number of hydrogen-bond acceptors (Lipinski definition) is 5. The molecule has 0 saturated heterocycles. The van der Waals surface area contributed by atoms with Crippen molar-refractivity contribution in [1.29, 1.82) is 0 Å². The predicted molar refractivity (Wildman–Crippen MR) is 101 cm³/mol. The highest BCUT2D eigenvalue weighted by Crippen LogP contribution is 2.25. The summed E-state index contributed by atoms with van der Waals surface area (Å²) in [6.07, 6.45) is 9.23. The first kappa shape index (κ1) is 18.9. The third-order valence-corrected chi connectivity index (χ3v) is 4.62. The van der Waals surface area contributed by atoms with Crippen LogP contribution in [0.1, 0.15) is 42.5 Å². The van der Waals surface area contributed by atoms with Gasteiger partial charge in [0.15, 0.2) is 6.61 Å². The van der Waals surface area contributed by atoms with E-state index in [0.29, 0.717) is 24.0 Å². The number of esters is 1. The Bertz CT molecular complexity index is 758. The Kier molecular flexibility index (Phi) is 6.79. The van der Waals surface area contributed by atoms with Crippen molar-refractivity contribution >= 4 is 11.9 Å². The Hall–Kier alpha value is -2.89. The average Bonchev–Trinajstić information content (AvgIpc) is 2.72. The fraction of sp³-hybridized carbons (Fsp3) is 0.381. The molecule has 1 aromatic carbocycles. The van der Waals surface area contributed by atoms with E-state index in [2.05, 4.69) is 10.3 Å². The number of aromatic nitrogens is 1. The van der Waals surface area contributed by atoms with Crippen LogP contribution in [0.4, 0.5) is 0 Å². The van der Waals surface area contributed by atoms with Gasteiger partial charge in [0.25, 0.3) is 5.91 Å². The molecule has 0 aliphatic heterocycles. The molecule has 6 heteroatoms. The lowest BCUT2D eigenvalue weighted by molar-refractivity contribution is -0.124. The first-order chi connectivity index (χ1) is 13.2. The number of rotatable bonds is 7. The van der Waals surface area contributed by atoms with E-state index < -0.39 is 5.97 Å². The zero-order valence-corrected chi connectivity index (χ0v) is 15.2. The molecule has 0 spiro atoms. The van der Waals surface area contributed by atoms with Gasteiger partial charge in [-0.25, -0.2) is 4.79 Å². The number of carbonyl (C=O) groups excluding carboxylic acids is 2. The highest BCUT2D eigenvalue weighted by molar-refractivity contribution is 5.94. The maximum absolute atomic E-state index is 12.4. The molecule has 1 heterocycles. The van der Waals surface area contributed by atoms with Gasteiger partial charge in [0, 0.05) is 12.7 Å². The fourth-order valence-electron chi connectivity index (χ4n) is 3.17.